The first-order valence-corrected chi connectivity index (χ1v) is 10.4. The number of thiophene rings is 1. The lowest BCUT2D eigenvalue weighted by Gasteiger charge is -2.34. The van der Waals surface area contributed by atoms with Crippen LogP contribution in [0, 0.1) is 6.92 Å². The molecule has 0 aliphatic carbocycles. The number of aryl methyl sites for hydroxylation is 1. The number of aromatic nitrogens is 1. The number of benzene rings is 1. The largest absolute Gasteiger partial charge is 0.335 e. The molecule has 0 radical (unpaired) electrons. The molecule has 3 heterocycles. The molecule has 3 aromatic rings. The van der Waals surface area contributed by atoms with Crippen LogP contribution in [0.4, 0.5) is 0 Å². The van der Waals surface area contributed by atoms with E-state index in [-0.39, 0.29) is 5.91 Å². The summed E-state index contributed by atoms with van der Waals surface area (Å²) in [5.41, 5.74) is 2.30. The van der Waals surface area contributed by atoms with Gasteiger partial charge in [0.15, 0.2) is 0 Å². The number of halogens is 1. The number of amides is 1. The number of piperazine rings is 1. The predicted molar refractivity (Wildman–Crippen MR) is 112 cm³/mol. The molecule has 0 spiro atoms. The van der Waals surface area contributed by atoms with E-state index in [2.05, 4.69) is 28.9 Å². The van der Waals surface area contributed by atoms with E-state index >= 15 is 0 Å². The van der Waals surface area contributed by atoms with E-state index in [1.54, 1.807) is 0 Å². The first kappa shape index (κ1) is 18.4. The van der Waals surface area contributed by atoms with Gasteiger partial charge in [0.1, 0.15) is 4.88 Å². The maximum Gasteiger partial charge on any atom is 0.265 e. The molecule has 1 fully saturated rings. The molecule has 0 N–H and O–H groups in total. The molecule has 0 saturated carbocycles. The van der Waals surface area contributed by atoms with Crippen molar-refractivity contribution in [2.24, 2.45) is 0 Å². The third kappa shape index (κ3) is 4.00. The molecule has 1 saturated heterocycles. The minimum Gasteiger partial charge on any atom is -0.335 e. The first-order chi connectivity index (χ1) is 13.1. The van der Waals surface area contributed by atoms with Gasteiger partial charge in [0.05, 0.1) is 5.02 Å². The quantitative estimate of drug-likeness (QED) is 0.657. The van der Waals surface area contributed by atoms with Gasteiger partial charge in [0.25, 0.3) is 5.91 Å². The van der Waals surface area contributed by atoms with E-state index in [1.165, 1.54) is 16.9 Å². The molecule has 140 valence electrons. The zero-order chi connectivity index (χ0) is 18.8. The Labute approximate surface area is 168 Å². The fraction of sp³-hybridized carbons (Fsp3) is 0.333. The minimum atomic E-state index is 0.0585. The van der Waals surface area contributed by atoms with Crippen molar-refractivity contribution in [2.75, 3.05) is 32.7 Å². The molecule has 1 aromatic carbocycles. The van der Waals surface area contributed by atoms with Crippen molar-refractivity contribution in [3.63, 3.8) is 0 Å². The summed E-state index contributed by atoms with van der Waals surface area (Å²) in [7, 11) is 0. The molecule has 4 rings (SSSR count). The Hall–Kier alpha value is -1.95. The fourth-order valence-electron chi connectivity index (χ4n) is 3.45. The number of carbonyl (C=O) groups excluding carboxylic acids is 1. The van der Waals surface area contributed by atoms with E-state index in [0.29, 0.717) is 9.90 Å². The normalized spacial score (nSPS) is 15.4. The van der Waals surface area contributed by atoms with Gasteiger partial charge in [-0.05, 0) is 30.7 Å². The highest BCUT2D eigenvalue weighted by Gasteiger charge is 2.26. The summed E-state index contributed by atoms with van der Waals surface area (Å²) in [6, 6.07) is 12.2. The number of pyridine rings is 1. The van der Waals surface area contributed by atoms with Gasteiger partial charge < -0.3 is 4.90 Å². The van der Waals surface area contributed by atoms with Gasteiger partial charge in [-0.2, -0.15) is 0 Å². The van der Waals surface area contributed by atoms with E-state index in [0.717, 1.165) is 54.9 Å². The highest BCUT2D eigenvalue weighted by atomic mass is 35.5. The van der Waals surface area contributed by atoms with Crippen molar-refractivity contribution >= 4 is 38.9 Å². The molecule has 4 nitrogen and oxygen atoms in total. The molecule has 1 amide bonds. The molecule has 0 bridgehead atoms. The Balaban J connectivity index is 1.38. The second-order valence-electron chi connectivity index (χ2n) is 6.95. The second-order valence-corrected chi connectivity index (χ2v) is 8.38. The number of carbonyl (C=O) groups is 1. The van der Waals surface area contributed by atoms with E-state index in [4.69, 9.17) is 11.6 Å². The van der Waals surface area contributed by atoms with Crippen molar-refractivity contribution in [1.29, 1.82) is 0 Å². The zero-order valence-corrected chi connectivity index (χ0v) is 16.9. The molecule has 0 atom stereocenters. The van der Waals surface area contributed by atoms with Gasteiger partial charge in [-0.1, -0.05) is 29.8 Å². The minimum absolute atomic E-state index is 0.0585. The number of rotatable bonds is 4. The van der Waals surface area contributed by atoms with Crippen LogP contribution in [0.3, 0.4) is 0 Å². The highest BCUT2D eigenvalue weighted by Crippen LogP contribution is 2.36. The Morgan fingerprint density at radius 1 is 1.19 bits per heavy atom. The zero-order valence-electron chi connectivity index (χ0n) is 15.3. The predicted octanol–water partition coefficient (Wildman–Crippen LogP) is 4.26. The molecule has 2 aromatic heterocycles. The molecule has 1 aliphatic rings. The number of hydrogen-bond donors (Lipinski definition) is 0. The maximum absolute atomic E-state index is 13.0. The molecular formula is C21H22ClN3OS. The summed E-state index contributed by atoms with van der Waals surface area (Å²) in [4.78, 5) is 22.4. The SMILES string of the molecule is Cc1ccc2c(Cl)c(C(=O)N3CCN(CCc4ccccn4)CC3)sc2c1. The Morgan fingerprint density at radius 2 is 2.00 bits per heavy atom. The number of hydrogen-bond acceptors (Lipinski definition) is 4. The maximum atomic E-state index is 13.0. The third-order valence-electron chi connectivity index (χ3n) is 5.05. The van der Waals surface area contributed by atoms with E-state index in [9.17, 15) is 4.79 Å². The highest BCUT2D eigenvalue weighted by molar-refractivity contribution is 7.21. The molecule has 27 heavy (non-hydrogen) atoms. The van der Waals surface area contributed by atoms with Crippen molar-refractivity contribution in [3.8, 4) is 0 Å². The number of nitrogens with zero attached hydrogens (tertiary/aromatic N) is 3. The van der Waals surface area contributed by atoms with Gasteiger partial charge in [-0.15, -0.1) is 11.3 Å². The van der Waals surface area contributed by atoms with Crippen LogP contribution < -0.4 is 0 Å². The van der Waals surface area contributed by atoms with Gasteiger partial charge in [-0.3, -0.25) is 14.7 Å². The summed E-state index contributed by atoms with van der Waals surface area (Å²) in [5, 5.41) is 1.57. The van der Waals surface area contributed by atoms with Crippen LogP contribution in [0.15, 0.2) is 42.6 Å². The first-order valence-electron chi connectivity index (χ1n) is 9.22. The smallest absolute Gasteiger partial charge is 0.265 e. The lowest BCUT2D eigenvalue weighted by Crippen LogP contribution is -2.49. The Bertz CT molecular complexity index is 949. The standard InChI is InChI=1S/C21H22ClN3OS/c1-15-5-6-17-18(14-15)27-20(19(17)22)21(26)25-12-10-24(11-13-25)9-7-16-4-2-3-8-23-16/h2-6,8,14H,7,9-13H2,1H3. The topological polar surface area (TPSA) is 36.4 Å². The van der Waals surface area contributed by atoms with Gasteiger partial charge in [0.2, 0.25) is 0 Å². The van der Waals surface area contributed by atoms with Crippen molar-refractivity contribution in [1.82, 2.24) is 14.8 Å². The van der Waals surface area contributed by atoms with Crippen LogP contribution >= 0.6 is 22.9 Å². The van der Waals surface area contributed by atoms with E-state index in [1.807, 2.05) is 35.4 Å². The summed E-state index contributed by atoms with van der Waals surface area (Å²) in [5.74, 6) is 0.0585. The molecular weight excluding hydrogens is 378 g/mol. The lowest BCUT2D eigenvalue weighted by atomic mass is 10.2. The fourth-order valence-corrected chi connectivity index (χ4v) is 5.02. The second kappa shape index (κ2) is 7.97. The summed E-state index contributed by atoms with van der Waals surface area (Å²) < 4.78 is 1.08. The van der Waals surface area contributed by atoms with Crippen LogP contribution in [-0.2, 0) is 6.42 Å². The summed E-state index contributed by atoms with van der Waals surface area (Å²) >= 11 is 8.02. The van der Waals surface area contributed by atoms with Crippen molar-refractivity contribution < 1.29 is 4.79 Å². The Kier molecular flexibility index (Phi) is 5.43. The lowest BCUT2D eigenvalue weighted by molar-refractivity contribution is 0.0643. The van der Waals surface area contributed by atoms with Crippen LogP contribution in [0.1, 0.15) is 20.9 Å². The Morgan fingerprint density at radius 3 is 2.74 bits per heavy atom. The molecule has 0 unspecified atom stereocenters. The van der Waals surface area contributed by atoms with Crippen LogP contribution in [0.25, 0.3) is 10.1 Å². The van der Waals surface area contributed by atoms with Crippen LogP contribution in [-0.4, -0.2) is 53.4 Å². The van der Waals surface area contributed by atoms with Crippen LogP contribution in [0.5, 0.6) is 0 Å². The van der Waals surface area contributed by atoms with Crippen LogP contribution in [0.2, 0.25) is 5.02 Å². The third-order valence-corrected chi connectivity index (χ3v) is 6.69. The average Bonchev–Trinajstić information content (AvgIpc) is 3.02. The monoisotopic (exact) mass is 399 g/mol. The number of fused-ring (bicyclic) bond motifs is 1. The van der Waals surface area contributed by atoms with Gasteiger partial charge in [-0.25, -0.2) is 0 Å². The average molecular weight is 400 g/mol. The van der Waals surface area contributed by atoms with Gasteiger partial charge in [0, 0.05) is 61.1 Å². The van der Waals surface area contributed by atoms with Gasteiger partial charge >= 0.3 is 0 Å². The van der Waals surface area contributed by atoms with Crippen molar-refractivity contribution in [3.05, 3.63) is 63.8 Å². The molecule has 1 aliphatic heterocycles. The molecule has 6 heteroatoms. The van der Waals surface area contributed by atoms with E-state index < -0.39 is 0 Å². The van der Waals surface area contributed by atoms with Crippen molar-refractivity contribution in [2.45, 2.75) is 13.3 Å². The summed E-state index contributed by atoms with van der Waals surface area (Å²) in [6.07, 6.45) is 2.78. The summed E-state index contributed by atoms with van der Waals surface area (Å²) in [6.45, 7) is 6.29.